The summed E-state index contributed by atoms with van der Waals surface area (Å²) in [6.07, 6.45) is 10.6. The lowest BCUT2D eigenvalue weighted by Crippen LogP contribution is -2.10. The van der Waals surface area contributed by atoms with E-state index in [4.69, 9.17) is 10.5 Å². The average molecular weight is 223 g/mol. The van der Waals surface area contributed by atoms with Gasteiger partial charge in [0.15, 0.2) is 0 Å². The van der Waals surface area contributed by atoms with E-state index in [0.29, 0.717) is 0 Å². The SMILES string of the molecule is COCC(=CC1CC2CCC1C2)CCCN. The highest BCUT2D eigenvalue weighted by Crippen LogP contribution is 2.49. The molecule has 2 aliphatic carbocycles. The molecule has 0 spiro atoms. The Labute approximate surface area is 99.2 Å². The standard InChI is InChI=1S/C14H25NO/c1-16-10-12(3-2-6-15)9-14-8-11-4-5-13(14)7-11/h9,11,13-14H,2-8,10,15H2,1H3. The Morgan fingerprint density at radius 1 is 1.38 bits per heavy atom. The summed E-state index contributed by atoms with van der Waals surface area (Å²) in [5, 5.41) is 0. The largest absolute Gasteiger partial charge is 0.380 e. The molecule has 3 atom stereocenters. The molecule has 0 aromatic rings. The first-order valence-electron chi connectivity index (χ1n) is 6.72. The van der Waals surface area contributed by atoms with Gasteiger partial charge in [0.2, 0.25) is 0 Å². The summed E-state index contributed by atoms with van der Waals surface area (Å²) in [5.74, 6) is 2.86. The Balaban J connectivity index is 1.90. The Morgan fingerprint density at radius 2 is 2.25 bits per heavy atom. The van der Waals surface area contributed by atoms with Crippen molar-refractivity contribution in [3.05, 3.63) is 11.6 Å². The molecule has 0 radical (unpaired) electrons. The molecule has 0 heterocycles. The van der Waals surface area contributed by atoms with E-state index in [9.17, 15) is 0 Å². The van der Waals surface area contributed by atoms with E-state index in [-0.39, 0.29) is 0 Å². The van der Waals surface area contributed by atoms with Crippen LogP contribution >= 0.6 is 0 Å². The minimum atomic E-state index is 0.789. The molecule has 16 heavy (non-hydrogen) atoms. The Morgan fingerprint density at radius 3 is 2.81 bits per heavy atom. The molecule has 2 N–H and O–H groups in total. The van der Waals surface area contributed by atoms with Crippen molar-refractivity contribution >= 4 is 0 Å². The molecule has 3 unspecified atom stereocenters. The van der Waals surface area contributed by atoms with Crippen molar-refractivity contribution in [1.29, 1.82) is 0 Å². The molecule has 2 heteroatoms. The van der Waals surface area contributed by atoms with Crippen LogP contribution in [0.1, 0.15) is 38.5 Å². The minimum absolute atomic E-state index is 0.789. The smallest absolute Gasteiger partial charge is 0.0673 e. The fraction of sp³-hybridized carbons (Fsp3) is 0.857. The quantitative estimate of drug-likeness (QED) is 0.703. The van der Waals surface area contributed by atoms with E-state index < -0.39 is 0 Å². The average Bonchev–Trinajstić information content (AvgIpc) is 2.88. The van der Waals surface area contributed by atoms with Gasteiger partial charge in [-0.1, -0.05) is 12.5 Å². The lowest BCUT2D eigenvalue weighted by molar-refractivity contribution is 0.221. The number of nitrogens with two attached hydrogens (primary N) is 1. The van der Waals surface area contributed by atoms with Crippen molar-refractivity contribution in [1.82, 2.24) is 0 Å². The zero-order chi connectivity index (χ0) is 11.4. The third-order valence-corrected chi connectivity index (χ3v) is 4.27. The summed E-state index contributed by atoms with van der Waals surface area (Å²) in [6.45, 7) is 1.59. The fourth-order valence-electron chi connectivity index (χ4n) is 3.52. The number of ether oxygens (including phenoxy) is 1. The normalized spacial score (nSPS) is 33.6. The minimum Gasteiger partial charge on any atom is -0.380 e. The summed E-state index contributed by atoms with van der Waals surface area (Å²) in [7, 11) is 1.79. The van der Waals surface area contributed by atoms with Gasteiger partial charge in [-0.05, 0) is 62.0 Å². The van der Waals surface area contributed by atoms with Gasteiger partial charge in [-0.3, -0.25) is 0 Å². The Bertz CT molecular complexity index is 249. The molecular formula is C14H25NO. The summed E-state index contributed by atoms with van der Waals surface area (Å²) in [5.41, 5.74) is 7.05. The highest BCUT2D eigenvalue weighted by molar-refractivity contribution is 5.09. The number of rotatable bonds is 6. The summed E-state index contributed by atoms with van der Waals surface area (Å²) in [6, 6.07) is 0. The zero-order valence-electron chi connectivity index (χ0n) is 10.5. The van der Waals surface area contributed by atoms with Gasteiger partial charge in [0.1, 0.15) is 0 Å². The van der Waals surface area contributed by atoms with Crippen LogP contribution in [0.15, 0.2) is 11.6 Å². The molecule has 2 nitrogen and oxygen atoms in total. The van der Waals surface area contributed by atoms with Gasteiger partial charge in [-0.15, -0.1) is 0 Å². The monoisotopic (exact) mass is 223 g/mol. The molecular weight excluding hydrogens is 198 g/mol. The molecule has 0 aromatic heterocycles. The van der Waals surface area contributed by atoms with Crippen molar-refractivity contribution in [2.75, 3.05) is 20.3 Å². The van der Waals surface area contributed by atoms with Crippen molar-refractivity contribution in [2.45, 2.75) is 38.5 Å². The van der Waals surface area contributed by atoms with Crippen LogP contribution in [0, 0.1) is 17.8 Å². The first-order valence-corrected chi connectivity index (χ1v) is 6.72. The first kappa shape index (κ1) is 12.1. The topological polar surface area (TPSA) is 35.2 Å². The number of hydrogen-bond donors (Lipinski definition) is 1. The van der Waals surface area contributed by atoms with Gasteiger partial charge in [0.05, 0.1) is 6.61 Å². The number of allylic oxidation sites excluding steroid dienone is 1. The summed E-state index contributed by atoms with van der Waals surface area (Å²) in [4.78, 5) is 0. The maximum absolute atomic E-state index is 5.57. The van der Waals surface area contributed by atoms with Gasteiger partial charge < -0.3 is 10.5 Å². The van der Waals surface area contributed by atoms with Gasteiger partial charge in [-0.2, -0.15) is 0 Å². The lowest BCUT2D eigenvalue weighted by atomic mass is 9.87. The molecule has 2 saturated carbocycles. The van der Waals surface area contributed by atoms with E-state index in [1.165, 1.54) is 31.3 Å². The molecule has 0 aliphatic heterocycles. The fourth-order valence-corrected chi connectivity index (χ4v) is 3.52. The first-order chi connectivity index (χ1) is 7.83. The molecule has 0 saturated heterocycles. The van der Waals surface area contributed by atoms with E-state index in [0.717, 1.165) is 43.7 Å². The van der Waals surface area contributed by atoms with E-state index in [1.54, 1.807) is 7.11 Å². The highest BCUT2D eigenvalue weighted by Gasteiger charge is 2.38. The Hall–Kier alpha value is -0.340. The van der Waals surface area contributed by atoms with Crippen LogP contribution in [-0.2, 0) is 4.74 Å². The van der Waals surface area contributed by atoms with Crippen LogP contribution in [0.2, 0.25) is 0 Å². The van der Waals surface area contributed by atoms with E-state index in [2.05, 4.69) is 6.08 Å². The molecule has 2 rings (SSSR count). The van der Waals surface area contributed by atoms with Crippen molar-refractivity contribution in [3.63, 3.8) is 0 Å². The van der Waals surface area contributed by atoms with Gasteiger partial charge in [-0.25, -0.2) is 0 Å². The molecule has 92 valence electrons. The van der Waals surface area contributed by atoms with Gasteiger partial charge in [0.25, 0.3) is 0 Å². The number of hydrogen-bond acceptors (Lipinski definition) is 2. The molecule has 2 aliphatic rings. The van der Waals surface area contributed by atoms with E-state index in [1.807, 2.05) is 0 Å². The third-order valence-electron chi connectivity index (χ3n) is 4.27. The van der Waals surface area contributed by atoms with Crippen LogP contribution < -0.4 is 5.73 Å². The maximum Gasteiger partial charge on any atom is 0.0673 e. The van der Waals surface area contributed by atoms with Crippen LogP contribution in [-0.4, -0.2) is 20.3 Å². The van der Waals surface area contributed by atoms with Crippen LogP contribution in [0.4, 0.5) is 0 Å². The third kappa shape index (κ3) is 2.86. The highest BCUT2D eigenvalue weighted by atomic mass is 16.5. The Kier molecular flexibility index (Phi) is 4.42. The summed E-state index contributed by atoms with van der Waals surface area (Å²) >= 11 is 0. The number of fused-ring (bicyclic) bond motifs is 2. The maximum atomic E-state index is 5.57. The number of methoxy groups -OCH3 is 1. The molecule has 0 amide bonds. The van der Waals surface area contributed by atoms with Crippen molar-refractivity contribution in [2.24, 2.45) is 23.5 Å². The van der Waals surface area contributed by atoms with Crippen LogP contribution in [0.5, 0.6) is 0 Å². The summed E-state index contributed by atoms with van der Waals surface area (Å²) < 4.78 is 5.28. The van der Waals surface area contributed by atoms with Gasteiger partial charge >= 0.3 is 0 Å². The van der Waals surface area contributed by atoms with Gasteiger partial charge in [0, 0.05) is 7.11 Å². The second kappa shape index (κ2) is 5.83. The van der Waals surface area contributed by atoms with E-state index >= 15 is 0 Å². The molecule has 2 fully saturated rings. The van der Waals surface area contributed by atoms with Crippen molar-refractivity contribution < 1.29 is 4.74 Å². The second-order valence-corrected chi connectivity index (χ2v) is 5.49. The molecule has 2 bridgehead atoms. The van der Waals surface area contributed by atoms with Crippen LogP contribution in [0.3, 0.4) is 0 Å². The predicted octanol–water partition coefficient (Wildman–Crippen LogP) is 2.73. The van der Waals surface area contributed by atoms with Crippen molar-refractivity contribution in [3.8, 4) is 0 Å². The zero-order valence-corrected chi connectivity index (χ0v) is 10.5. The lowest BCUT2D eigenvalue weighted by Gasteiger charge is -2.19. The van der Waals surface area contributed by atoms with Crippen LogP contribution in [0.25, 0.3) is 0 Å². The molecule has 0 aromatic carbocycles. The predicted molar refractivity (Wildman–Crippen MR) is 67.2 cm³/mol. The second-order valence-electron chi connectivity index (χ2n) is 5.49.